The number of hydrogen-bond acceptors (Lipinski definition) is 1. The van der Waals surface area contributed by atoms with Crippen LogP contribution in [-0.2, 0) is 5.75 Å². The molecule has 0 fully saturated rings. The standard InChI is InChI=1S/C14H10BrNOS/c15-11-6-7-12-13(8-11)18(14(17)16-12)9-10-4-2-1-3-5-10/h1-8H,9H2/p+1. The lowest BCUT2D eigenvalue weighted by molar-refractivity contribution is 1.37. The maximum atomic E-state index is 12.0. The van der Waals surface area contributed by atoms with Crippen molar-refractivity contribution in [2.45, 2.75) is 5.75 Å². The lowest BCUT2D eigenvalue weighted by Crippen LogP contribution is -1.97. The van der Waals surface area contributed by atoms with Crippen LogP contribution >= 0.6 is 26.4 Å². The third kappa shape index (κ3) is 2.13. The van der Waals surface area contributed by atoms with Gasteiger partial charge in [0.1, 0.15) is 5.52 Å². The van der Waals surface area contributed by atoms with Crippen molar-refractivity contribution in [3.8, 4) is 0 Å². The number of thiazole rings is 1. The zero-order chi connectivity index (χ0) is 12.5. The Hall–Kier alpha value is -1.39. The fraction of sp³-hybridized carbons (Fsp3) is 0.0714. The van der Waals surface area contributed by atoms with Gasteiger partial charge in [0.25, 0.3) is 0 Å². The van der Waals surface area contributed by atoms with Gasteiger partial charge in [-0.3, -0.25) is 4.98 Å². The lowest BCUT2D eigenvalue weighted by Gasteiger charge is -1.92. The van der Waals surface area contributed by atoms with Crippen molar-refractivity contribution in [1.82, 2.24) is 4.98 Å². The van der Waals surface area contributed by atoms with E-state index >= 15 is 0 Å². The molecule has 1 N–H and O–H groups in total. The molecule has 0 spiro atoms. The fourth-order valence-corrected chi connectivity index (χ4v) is 4.37. The van der Waals surface area contributed by atoms with E-state index in [1.54, 1.807) is 0 Å². The Morgan fingerprint density at radius 1 is 1.11 bits per heavy atom. The van der Waals surface area contributed by atoms with Gasteiger partial charge in [0.15, 0.2) is 5.75 Å². The van der Waals surface area contributed by atoms with Crippen molar-refractivity contribution in [3.05, 3.63) is 68.2 Å². The van der Waals surface area contributed by atoms with Gasteiger partial charge < -0.3 is 0 Å². The molecule has 0 aliphatic heterocycles. The summed E-state index contributed by atoms with van der Waals surface area (Å²) in [5.41, 5.74) is 2.14. The first-order valence-electron chi connectivity index (χ1n) is 5.59. The minimum absolute atomic E-state index is 0.118. The maximum Gasteiger partial charge on any atom is 0.456 e. The predicted molar refractivity (Wildman–Crippen MR) is 80.3 cm³/mol. The molecule has 1 unspecified atom stereocenters. The lowest BCUT2D eigenvalue weighted by atomic mass is 10.2. The van der Waals surface area contributed by atoms with Crippen molar-refractivity contribution < 1.29 is 0 Å². The van der Waals surface area contributed by atoms with Crippen LogP contribution in [0.5, 0.6) is 0 Å². The predicted octanol–water partition coefficient (Wildman–Crippen LogP) is 4.09. The molecular weight excluding hydrogens is 310 g/mol. The molecule has 2 aromatic carbocycles. The van der Waals surface area contributed by atoms with Gasteiger partial charge in [-0.1, -0.05) is 46.3 Å². The Morgan fingerprint density at radius 3 is 2.67 bits per heavy atom. The van der Waals surface area contributed by atoms with E-state index in [0.717, 1.165) is 20.4 Å². The van der Waals surface area contributed by atoms with Gasteiger partial charge in [0.05, 0.1) is 10.5 Å². The molecule has 2 nitrogen and oxygen atoms in total. The molecule has 0 amide bonds. The molecule has 0 aliphatic rings. The molecule has 0 saturated carbocycles. The van der Waals surface area contributed by atoms with Crippen molar-refractivity contribution in [3.63, 3.8) is 0 Å². The summed E-state index contributed by atoms with van der Waals surface area (Å²) in [4.78, 5) is 15.1. The molecule has 0 radical (unpaired) electrons. The van der Waals surface area contributed by atoms with E-state index in [1.165, 1.54) is 5.56 Å². The van der Waals surface area contributed by atoms with Crippen LogP contribution in [0.3, 0.4) is 0 Å². The summed E-state index contributed by atoms with van der Waals surface area (Å²) in [6.45, 7) is 0. The zero-order valence-corrected chi connectivity index (χ0v) is 11.9. The van der Waals surface area contributed by atoms with Crippen LogP contribution in [0.2, 0.25) is 0 Å². The van der Waals surface area contributed by atoms with E-state index in [9.17, 15) is 4.79 Å². The highest BCUT2D eigenvalue weighted by Gasteiger charge is 2.19. The van der Waals surface area contributed by atoms with E-state index in [4.69, 9.17) is 0 Å². The highest BCUT2D eigenvalue weighted by atomic mass is 79.9. The third-order valence-corrected chi connectivity index (χ3v) is 5.36. The van der Waals surface area contributed by atoms with Gasteiger partial charge in [-0.25, -0.2) is 4.79 Å². The Balaban J connectivity index is 2.14. The molecule has 18 heavy (non-hydrogen) atoms. The fourth-order valence-electron chi connectivity index (χ4n) is 1.96. The number of aromatic nitrogens is 1. The third-order valence-electron chi connectivity index (χ3n) is 2.82. The first-order chi connectivity index (χ1) is 8.74. The van der Waals surface area contributed by atoms with Crippen molar-refractivity contribution in [2.75, 3.05) is 0 Å². The summed E-state index contributed by atoms with van der Waals surface area (Å²) in [6.07, 6.45) is 0. The average Bonchev–Trinajstić information content (AvgIpc) is 2.67. The van der Waals surface area contributed by atoms with E-state index in [2.05, 4.69) is 33.0 Å². The Kier molecular flexibility index (Phi) is 3.06. The summed E-state index contributed by atoms with van der Waals surface area (Å²) in [5, 5.41) is 0. The molecule has 4 heteroatoms. The first kappa shape index (κ1) is 11.7. The van der Waals surface area contributed by atoms with Crippen molar-refractivity contribution >= 4 is 36.6 Å². The van der Waals surface area contributed by atoms with Crippen LogP contribution in [0.25, 0.3) is 10.2 Å². The maximum absolute atomic E-state index is 12.0. The summed E-state index contributed by atoms with van der Waals surface area (Å²) < 4.78 is 2.13. The van der Waals surface area contributed by atoms with Crippen LogP contribution < -0.4 is 4.87 Å². The Bertz CT molecular complexity index is 745. The highest BCUT2D eigenvalue weighted by Crippen LogP contribution is 2.30. The molecule has 0 saturated heterocycles. The van der Waals surface area contributed by atoms with Crippen LogP contribution in [-0.4, -0.2) is 4.98 Å². The molecule has 1 atom stereocenters. The first-order valence-corrected chi connectivity index (χ1v) is 7.78. The van der Waals surface area contributed by atoms with Crippen molar-refractivity contribution in [2.24, 2.45) is 0 Å². The molecule has 3 rings (SSSR count). The quantitative estimate of drug-likeness (QED) is 0.709. The second kappa shape index (κ2) is 4.71. The molecule has 1 heterocycles. The smallest absolute Gasteiger partial charge is 0.272 e. The molecular formula is C14H11BrNOS+. The Morgan fingerprint density at radius 2 is 1.89 bits per heavy atom. The van der Waals surface area contributed by atoms with Gasteiger partial charge in [0, 0.05) is 16.1 Å². The van der Waals surface area contributed by atoms with Gasteiger partial charge in [-0.2, -0.15) is 0 Å². The Labute approximate surface area is 115 Å². The van der Waals surface area contributed by atoms with Gasteiger partial charge >= 0.3 is 4.87 Å². The number of nitrogens with one attached hydrogen (secondary N) is 1. The van der Waals surface area contributed by atoms with Gasteiger partial charge in [0.2, 0.25) is 4.70 Å². The molecule has 90 valence electrons. The van der Waals surface area contributed by atoms with E-state index in [-0.39, 0.29) is 15.3 Å². The topological polar surface area (TPSA) is 32.9 Å². The summed E-state index contributed by atoms with van der Waals surface area (Å²) in [5.74, 6) is 0.774. The number of benzene rings is 2. The normalized spacial score (nSPS) is 11.9. The molecule has 0 aliphatic carbocycles. The van der Waals surface area contributed by atoms with Crippen LogP contribution in [0.1, 0.15) is 5.56 Å². The zero-order valence-electron chi connectivity index (χ0n) is 9.52. The van der Waals surface area contributed by atoms with E-state index < -0.39 is 0 Å². The van der Waals surface area contributed by atoms with E-state index in [0.29, 0.717) is 0 Å². The SMILES string of the molecule is O=c1[nH]c2ccc(Br)cc2[s+]1Cc1ccccc1. The van der Waals surface area contributed by atoms with Crippen LogP contribution in [0.15, 0.2) is 57.8 Å². The number of halogens is 1. The molecule has 3 aromatic rings. The van der Waals surface area contributed by atoms with Gasteiger partial charge in [-0.05, 0) is 12.1 Å². The summed E-state index contributed by atoms with van der Waals surface area (Å²) in [7, 11) is -0.388. The second-order valence-corrected chi connectivity index (χ2v) is 6.87. The summed E-state index contributed by atoms with van der Waals surface area (Å²) >= 11 is 3.46. The molecule has 1 aromatic heterocycles. The van der Waals surface area contributed by atoms with E-state index in [1.807, 2.05) is 36.4 Å². The monoisotopic (exact) mass is 320 g/mol. The summed E-state index contributed by atoms with van der Waals surface area (Å²) in [6, 6.07) is 16.1. The number of H-pyrrole nitrogens is 1. The number of fused-ring (bicyclic) bond motifs is 1. The average molecular weight is 321 g/mol. The minimum Gasteiger partial charge on any atom is -0.272 e. The van der Waals surface area contributed by atoms with Crippen LogP contribution in [0, 0.1) is 0 Å². The largest absolute Gasteiger partial charge is 0.456 e. The number of aromatic amines is 1. The van der Waals surface area contributed by atoms with Crippen molar-refractivity contribution in [1.29, 1.82) is 0 Å². The minimum atomic E-state index is -0.388. The highest BCUT2D eigenvalue weighted by molar-refractivity contribution is 9.10. The number of hydrogen-bond donors (Lipinski definition) is 1. The van der Waals surface area contributed by atoms with Crippen LogP contribution in [0.4, 0.5) is 0 Å². The van der Waals surface area contributed by atoms with Gasteiger partial charge in [-0.15, -0.1) is 0 Å². The molecule has 0 bridgehead atoms. The number of rotatable bonds is 2. The second-order valence-electron chi connectivity index (χ2n) is 4.07.